The van der Waals surface area contributed by atoms with Crippen LogP contribution in [0.5, 0.6) is 0 Å². The molecule has 0 fully saturated rings. The van der Waals surface area contributed by atoms with Crippen LogP contribution >= 0.6 is 0 Å². The van der Waals surface area contributed by atoms with Gasteiger partial charge >= 0.3 is 11.9 Å². The molecule has 6 nitrogen and oxygen atoms in total. The second-order valence-electron chi connectivity index (χ2n) is 7.01. The summed E-state index contributed by atoms with van der Waals surface area (Å²) in [6.45, 7) is 6.13. The number of benzene rings is 1. The highest BCUT2D eigenvalue weighted by atomic mass is 16.5. The highest BCUT2D eigenvalue weighted by molar-refractivity contribution is 5.90. The van der Waals surface area contributed by atoms with Gasteiger partial charge in [0, 0.05) is 6.07 Å². The standard InChI is InChI=1S/C22H26O6/c1-4-7-16-15-9-8-13(21(24)26-5-2)10-14(15)11-17-18(23)12-19(28-20(16)17)22(25)27-6-3/h11-13H,4-10H2,1-3H3. The predicted octanol–water partition coefficient (Wildman–Crippen LogP) is 3.59. The largest absolute Gasteiger partial charge is 0.466 e. The average molecular weight is 386 g/mol. The summed E-state index contributed by atoms with van der Waals surface area (Å²) in [7, 11) is 0. The van der Waals surface area contributed by atoms with Crippen LogP contribution in [0.25, 0.3) is 11.0 Å². The maximum atomic E-state index is 12.7. The summed E-state index contributed by atoms with van der Waals surface area (Å²) < 4.78 is 16.0. The maximum Gasteiger partial charge on any atom is 0.374 e. The summed E-state index contributed by atoms with van der Waals surface area (Å²) in [5.41, 5.74) is 3.27. The third-order valence-electron chi connectivity index (χ3n) is 5.13. The minimum Gasteiger partial charge on any atom is -0.466 e. The number of hydrogen-bond donors (Lipinski definition) is 0. The van der Waals surface area contributed by atoms with Gasteiger partial charge in [-0.3, -0.25) is 9.59 Å². The molecule has 0 aliphatic heterocycles. The molecule has 0 spiro atoms. The lowest BCUT2D eigenvalue weighted by Gasteiger charge is -2.26. The van der Waals surface area contributed by atoms with Crippen LogP contribution < -0.4 is 5.43 Å². The molecule has 1 aliphatic rings. The maximum absolute atomic E-state index is 12.7. The van der Waals surface area contributed by atoms with Crippen LogP contribution in [0.2, 0.25) is 0 Å². The molecular formula is C22H26O6. The van der Waals surface area contributed by atoms with Gasteiger partial charge in [-0.1, -0.05) is 13.3 Å². The summed E-state index contributed by atoms with van der Waals surface area (Å²) in [6, 6.07) is 3.00. The topological polar surface area (TPSA) is 82.8 Å². The van der Waals surface area contributed by atoms with Crippen LogP contribution in [0.4, 0.5) is 0 Å². The van der Waals surface area contributed by atoms with Crippen molar-refractivity contribution in [2.45, 2.75) is 52.9 Å². The number of carbonyl (C=O) groups excluding carboxylic acids is 2. The Kier molecular flexibility index (Phi) is 6.17. The number of aryl methyl sites for hydroxylation is 1. The van der Waals surface area contributed by atoms with E-state index in [2.05, 4.69) is 6.92 Å². The first kappa shape index (κ1) is 20.1. The molecule has 0 radical (unpaired) electrons. The van der Waals surface area contributed by atoms with Crippen molar-refractivity contribution >= 4 is 22.9 Å². The van der Waals surface area contributed by atoms with Crippen molar-refractivity contribution in [2.24, 2.45) is 5.92 Å². The zero-order valence-corrected chi connectivity index (χ0v) is 16.6. The van der Waals surface area contributed by atoms with E-state index >= 15 is 0 Å². The number of ether oxygens (including phenoxy) is 2. The molecular weight excluding hydrogens is 360 g/mol. The molecule has 28 heavy (non-hydrogen) atoms. The molecule has 1 aromatic heterocycles. The Balaban J connectivity index is 2.13. The minimum absolute atomic E-state index is 0.0723. The smallest absolute Gasteiger partial charge is 0.374 e. The summed E-state index contributed by atoms with van der Waals surface area (Å²) in [5.74, 6) is -1.08. The third-order valence-corrected chi connectivity index (χ3v) is 5.13. The predicted molar refractivity (Wildman–Crippen MR) is 105 cm³/mol. The van der Waals surface area contributed by atoms with Gasteiger partial charge in [-0.25, -0.2) is 4.79 Å². The van der Waals surface area contributed by atoms with Gasteiger partial charge in [-0.05, 0) is 62.3 Å². The number of rotatable bonds is 6. The normalized spacial score (nSPS) is 15.9. The number of carbonyl (C=O) groups is 2. The van der Waals surface area contributed by atoms with E-state index < -0.39 is 5.97 Å². The molecule has 0 saturated carbocycles. The first-order valence-electron chi connectivity index (χ1n) is 9.95. The van der Waals surface area contributed by atoms with Gasteiger partial charge < -0.3 is 13.9 Å². The van der Waals surface area contributed by atoms with Crippen molar-refractivity contribution in [3.05, 3.63) is 44.8 Å². The van der Waals surface area contributed by atoms with Crippen LogP contribution in [0.1, 0.15) is 60.9 Å². The minimum atomic E-state index is -0.635. The lowest BCUT2D eigenvalue weighted by atomic mass is 9.80. The second-order valence-corrected chi connectivity index (χ2v) is 7.01. The van der Waals surface area contributed by atoms with Gasteiger partial charge in [-0.15, -0.1) is 0 Å². The molecule has 1 aromatic carbocycles. The number of fused-ring (bicyclic) bond motifs is 2. The molecule has 1 heterocycles. The molecule has 6 heteroatoms. The van der Waals surface area contributed by atoms with Crippen molar-refractivity contribution in [1.29, 1.82) is 0 Å². The van der Waals surface area contributed by atoms with Gasteiger partial charge in [-0.2, -0.15) is 0 Å². The van der Waals surface area contributed by atoms with E-state index in [1.54, 1.807) is 13.8 Å². The lowest BCUT2D eigenvalue weighted by molar-refractivity contribution is -0.148. The van der Waals surface area contributed by atoms with Crippen molar-refractivity contribution < 1.29 is 23.5 Å². The van der Waals surface area contributed by atoms with Crippen LogP contribution in [0.3, 0.4) is 0 Å². The molecule has 1 unspecified atom stereocenters. The molecule has 1 aliphatic carbocycles. The Bertz CT molecular complexity index is 956. The Morgan fingerprint density at radius 1 is 1.14 bits per heavy atom. The van der Waals surface area contributed by atoms with E-state index in [0.717, 1.165) is 36.0 Å². The van der Waals surface area contributed by atoms with Crippen molar-refractivity contribution in [3.63, 3.8) is 0 Å². The zero-order valence-electron chi connectivity index (χ0n) is 16.6. The molecule has 0 N–H and O–H groups in total. The summed E-state index contributed by atoms with van der Waals surface area (Å²) in [4.78, 5) is 37.0. The van der Waals surface area contributed by atoms with E-state index in [9.17, 15) is 14.4 Å². The molecule has 1 atom stereocenters. The molecule has 150 valence electrons. The molecule has 2 aromatic rings. The molecule has 0 amide bonds. The van der Waals surface area contributed by atoms with E-state index in [1.807, 2.05) is 6.07 Å². The van der Waals surface area contributed by atoms with Gasteiger partial charge in [0.05, 0.1) is 24.5 Å². The quantitative estimate of drug-likeness (QED) is 0.706. The van der Waals surface area contributed by atoms with Gasteiger partial charge in [0.25, 0.3) is 0 Å². The number of hydrogen-bond acceptors (Lipinski definition) is 6. The Morgan fingerprint density at radius 2 is 1.89 bits per heavy atom. The van der Waals surface area contributed by atoms with E-state index in [4.69, 9.17) is 13.9 Å². The van der Waals surface area contributed by atoms with E-state index in [1.165, 1.54) is 6.07 Å². The van der Waals surface area contributed by atoms with E-state index in [0.29, 0.717) is 30.4 Å². The fourth-order valence-corrected chi connectivity index (χ4v) is 3.91. The first-order chi connectivity index (χ1) is 13.5. The molecule has 0 saturated heterocycles. The molecule has 3 rings (SSSR count). The van der Waals surface area contributed by atoms with Crippen molar-refractivity contribution in [2.75, 3.05) is 13.2 Å². The monoisotopic (exact) mass is 386 g/mol. The fraction of sp³-hybridized carbons (Fsp3) is 0.500. The zero-order chi connectivity index (χ0) is 20.3. The van der Waals surface area contributed by atoms with Gasteiger partial charge in [0.2, 0.25) is 5.76 Å². The second kappa shape index (κ2) is 8.59. The lowest BCUT2D eigenvalue weighted by Crippen LogP contribution is -2.26. The summed E-state index contributed by atoms with van der Waals surface area (Å²) in [5, 5.41) is 0.444. The SMILES string of the molecule is CCCc1c2c(cc3c(=O)cc(C(=O)OCC)oc13)CC(C(=O)OCC)CC2. The third kappa shape index (κ3) is 3.81. The van der Waals surface area contributed by atoms with Crippen LogP contribution in [-0.2, 0) is 33.5 Å². The van der Waals surface area contributed by atoms with E-state index in [-0.39, 0.29) is 29.7 Å². The number of esters is 2. The van der Waals surface area contributed by atoms with Crippen molar-refractivity contribution in [3.8, 4) is 0 Å². The summed E-state index contributed by atoms with van der Waals surface area (Å²) >= 11 is 0. The Labute approximate surface area is 163 Å². The Morgan fingerprint density at radius 3 is 2.57 bits per heavy atom. The molecule has 0 bridgehead atoms. The highest BCUT2D eigenvalue weighted by Crippen LogP contribution is 2.34. The van der Waals surface area contributed by atoms with Crippen LogP contribution in [-0.4, -0.2) is 25.2 Å². The van der Waals surface area contributed by atoms with Crippen LogP contribution in [0, 0.1) is 5.92 Å². The highest BCUT2D eigenvalue weighted by Gasteiger charge is 2.29. The van der Waals surface area contributed by atoms with Gasteiger partial charge in [0.1, 0.15) is 5.58 Å². The Hall–Kier alpha value is -2.63. The van der Waals surface area contributed by atoms with Gasteiger partial charge in [0.15, 0.2) is 5.43 Å². The van der Waals surface area contributed by atoms with Crippen molar-refractivity contribution in [1.82, 2.24) is 0 Å². The summed E-state index contributed by atoms with van der Waals surface area (Å²) in [6.07, 6.45) is 3.59. The fourth-order valence-electron chi connectivity index (χ4n) is 3.91. The first-order valence-corrected chi connectivity index (χ1v) is 9.95. The average Bonchev–Trinajstić information content (AvgIpc) is 2.68. The van der Waals surface area contributed by atoms with Crippen LogP contribution in [0.15, 0.2) is 21.3 Å².